The summed E-state index contributed by atoms with van der Waals surface area (Å²) in [7, 11) is 0. The van der Waals surface area contributed by atoms with Gasteiger partial charge in [0.25, 0.3) is 11.8 Å². The normalized spacial score (nSPS) is 12.5. The van der Waals surface area contributed by atoms with Crippen LogP contribution in [0.3, 0.4) is 0 Å². The first-order chi connectivity index (χ1) is 14.9. The zero-order chi connectivity index (χ0) is 24.6. The maximum Gasteiger partial charge on any atom is 0.253 e. The van der Waals surface area contributed by atoms with Crippen LogP contribution in [0.25, 0.3) is 0 Å². The highest BCUT2D eigenvalue weighted by atomic mass is 127. The molecule has 2 atom stereocenters. The van der Waals surface area contributed by atoms with Crippen LogP contribution in [0.1, 0.15) is 34.6 Å². The molecule has 1 aromatic carbocycles. The van der Waals surface area contributed by atoms with Crippen molar-refractivity contribution in [2.24, 2.45) is 0 Å². The quantitative estimate of drug-likeness (QED) is 0.145. The van der Waals surface area contributed by atoms with Crippen molar-refractivity contribution in [2.75, 3.05) is 31.6 Å². The molecule has 0 spiro atoms. The molecular formula is C19H24I3N3O7. The Morgan fingerprint density at radius 3 is 1.84 bits per heavy atom. The number of aliphatic hydroxyl groups is 3. The molecule has 0 aliphatic heterocycles. The lowest BCUT2D eigenvalue weighted by atomic mass is 10.1. The van der Waals surface area contributed by atoms with Crippen molar-refractivity contribution < 1.29 is 34.4 Å². The molecule has 3 amide bonds. The Bertz CT molecular complexity index is 896. The highest BCUT2D eigenvalue weighted by Crippen LogP contribution is 2.35. The number of nitrogens with one attached hydrogen (secondary N) is 3. The van der Waals surface area contributed by atoms with Crippen molar-refractivity contribution in [3.8, 4) is 0 Å². The number of aliphatic hydroxyl groups excluding tert-OH is 3. The third-order valence-electron chi connectivity index (χ3n) is 3.84. The maximum absolute atomic E-state index is 13.0. The number of allylic oxidation sites excluding steroid dienone is 1. The minimum absolute atomic E-state index is 0.0139. The largest absolute Gasteiger partial charge is 0.491 e. The summed E-state index contributed by atoms with van der Waals surface area (Å²) < 4.78 is 6.52. The molecule has 2 unspecified atom stereocenters. The van der Waals surface area contributed by atoms with E-state index in [1.165, 1.54) is 6.92 Å². The Labute approximate surface area is 226 Å². The van der Waals surface area contributed by atoms with Gasteiger partial charge in [-0.05, 0) is 74.7 Å². The van der Waals surface area contributed by atoms with E-state index in [0.29, 0.717) is 22.2 Å². The molecule has 32 heavy (non-hydrogen) atoms. The molecule has 0 aliphatic rings. The van der Waals surface area contributed by atoms with Gasteiger partial charge in [0.05, 0.1) is 55.6 Å². The highest BCUT2D eigenvalue weighted by molar-refractivity contribution is 14.1. The predicted octanol–water partition coefficient (Wildman–Crippen LogP) is 1.18. The first kappa shape index (κ1) is 29.3. The topological polar surface area (TPSA) is 157 Å². The predicted molar refractivity (Wildman–Crippen MR) is 143 cm³/mol. The first-order valence-electron chi connectivity index (χ1n) is 9.20. The van der Waals surface area contributed by atoms with Gasteiger partial charge in [-0.15, -0.1) is 0 Å². The van der Waals surface area contributed by atoms with E-state index in [4.69, 9.17) is 9.84 Å². The standard InChI is InChI=1S/C19H24I3N3O7/c1-8(2)32-11(7-27)5-24-19(31)13-14(20)12(18(30)23-4-10(29)6-26)15(21)17(16(13)22)25-9(3)28/h10-11,26-27,29H,1,4-7H2,2-3H3,(H,23,30)(H,24,31)(H,25,28). The number of anilines is 1. The Morgan fingerprint density at radius 2 is 1.44 bits per heavy atom. The fourth-order valence-electron chi connectivity index (χ4n) is 2.43. The van der Waals surface area contributed by atoms with Crippen LogP contribution in [0.4, 0.5) is 5.69 Å². The third kappa shape index (κ3) is 8.23. The number of amides is 3. The summed E-state index contributed by atoms with van der Waals surface area (Å²) in [5, 5.41) is 35.8. The van der Waals surface area contributed by atoms with Gasteiger partial charge in [-0.25, -0.2) is 0 Å². The lowest BCUT2D eigenvalue weighted by molar-refractivity contribution is -0.114. The summed E-state index contributed by atoms with van der Waals surface area (Å²) in [5.74, 6) is -1.11. The summed E-state index contributed by atoms with van der Waals surface area (Å²) in [6.07, 6.45) is -1.84. The molecule has 0 bridgehead atoms. The maximum atomic E-state index is 13.0. The number of ether oxygens (including phenoxy) is 1. The summed E-state index contributed by atoms with van der Waals surface area (Å²) >= 11 is 5.70. The fourth-order valence-corrected chi connectivity index (χ4v) is 6.85. The van der Waals surface area contributed by atoms with Crippen LogP contribution < -0.4 is 16.0 Å². The minimum atomic E-state index is -1.14. The van der Waals surface area contributed by atoms with Crippen LogP contribution >= 0.6 is 67.8 Å². The molecule has 1 aromatic rings. The number of carbonyl (C=O) groups excluding carboxylic acids is 3. The molecule has 0 aromatic heterocycles. The second-order valence-electron chi connectivity index (χ2n) is 6.63. The molecule has 6 N–H and O–H groups in total. The second kappa shape index (κ2) is 13.8. The van der Waals surface area contributed by atoms with Gasteiger partial charge in [-0.3, -0.25) is 14.4 Å². The van der Waals surface area contributed by atoms with Gasteiger partial charge in [-0.1, -0.05) is 6.58 Å². The van der Waals surface area contributed by atoms with Crippen molar-refractivity contribution >= 4 is 91.2 Å². The van der Waals surface area contributed by atoms with Gasteiger partial charge < -0.3 is 36.0 Å². The molecule has 0 heterocycles. The van der Waals surface area contributed by atoms with Gasteiger partial charge in [-0.2, -0.15) is 0 Å². The highest BCUT2D eigenvalue weighted by Gasteiger charge is 2.28. The lowest BCUT2D eigenvalue weighted by Crippen LogP contribution is -2.37. The van der Waals surface area contributed by atoms with Crippen molar-refractivity contribution in [3.05, 3.63) is 34.2 Å². The Balaban J connectivity index is 3.40. The molecule has 0 saturated carbocycles. The number of halogens is 3. The van der Waals surface area contributed by atoms with E-state index in [2.05, 4.69) is 22.5 Å². The van der Waals surface area contributed by atoms with Crippen LogP contribution in [0.5, 0.6) is 0 Å². The zero-order valence-electron chi connectivity index (χ0n) is 17.3. The van der Waals surface area contributed by atoms with Gasteiger partial charge >= 0.3 is 0 Å². The number of hydrogen-bond acceptors (Lipinski definition) is 7. The third-order valence-corrected chi connectivity index (χ3v) is 7.08. The Kier molecular flexibility index (Phi) is 12.6. The van der Waals surface area contributed by atoms with E-state index >= 15 is 0 Å². The Hall–Kier alpha value is -0.760. The zero-order valence-corrected chi connectivity index (χ0v) is 23.8. The number of benzene rings is 1. The molecule has 10 nitrogen and oxygen atoms in total. The number of hydrogen-bond donors (Lipinski definition) is 6. The molecule has 0 radical (unpaired) electrons. The summed E-state index contributed by atoms with van der Waals surface area (Å²) in [4.78, 5) is 37.6. The van der Waals surface area contributed by atoms with E-state index in [1.807, 2.05) is 67.8 Å². The fraction of sp³-hybridized carbons (Fsp3) is 0.421. The molecule has 1 rings (SSSR count). The lowest BCUT2D eigenvalue weighted by Gasteiger charge is -2.21. The number of carbonyl (C=O) groups is 3. The van der Waals surface area contributed by atoms with E-state index < -0.39 is 30.6 Å². The molecule has 178 valence electrons. The van der Waals surface area contributed by atoms with Crippen LogP contribution in [-0.2, 0) is 9.53 Å². The molecule has 0 aliphatic carbocycles. The van der Waals surface area contributed by atoms with E-state index in [0.717, 1.165) is 0 Å². The van der Waals surface area contributed by atoms with E-state index in [-0.39, 0.29) is 36.7 Å². The molecule has 13 heteroatoms. The summed E-state index contributed by atoms with van der Waals surface area (Å²) in [6.45, 7) is 5.46. The SMILES string of the molecule is C=C(C)OC(CO)CNC(=O)c1c(I)c(NC(C)=O)c(I)c(C(=O)NCC(O)CO)c1I. The second-order valence-corrected chi connectivity index (χ2v) is 9.87. The van der Waals surface area contributed by atoms with Crippen LogP contribution in [0.15, 0.2) is 12.3 Å². The summed E-state index contributed by atoms with van der Waals surface area (Å²) in [6, 6.07) is 0. The number of rotatable bonds is 11. The van der Waals surface area contributed by atoms with Gasteiger partial charge in [0.2, 0.25) is 5.91 Å². The van der Waals surface area contributed by atoms with Crippen LogP contribution in [-0.4, -0.2) is 71.6 Å². The van der Waals surface area contributed by atoms with Crippen molar-refractivity contribution in [2.45, 2.75) is 26.1 Å². The van der Waals surface area contributed by atoms with Crippen molar-refractivity contribution in [1.29, 1.82) is 0 Å². The van der Waals surface area contributed by atoms with Gasteiger partial charge in [0, 0.05) is 17.0 Å². The molecule has 0 fully saturated rings. The average molecular weight is 787 g/mol. The first-order valence-corrected chi connectivity index (χ1v) is 12.4. The van der Waals surface area contributed by atoms with Crippen LogP contribution in [0.2, 0.25) is 0 Å². The smallest absolute Gasteiger partial charge is 0.253 e. The van der Waals surface area contributed by atoms with E-state index in [1.54, 1.807) is 6.92 Å². The van der Waals surface area contributed by atoms with E-state index in [9.17, 15) is 24.6 Å². The summed E-state index contributed by atoms with van der Waals surface area (Å²) in [5.41, 5.74) is 0.604. The molecule has 0 saturated heterocycles. The van der Waals surface area contributed by atoms with Crippen molar-refractivity contribution in [3.63, 3.8) is 0 Å². The van der Waals surface area contributed by atoms with Crippen LogP contribution in [0, 0.1) is 10.7 Å². The van der Waals surface area contributed by atoms with Gasteiger partial charge in [0.15, 0.2) is 0 Å². The average Bonchev–Trinajstić information content (AvgIpc) is 2.71. The molecular weight excluding hydrogens is 763 g/mol. The minimum Gasteiger partial charge on any atom is -0.491 e. The Morgan fingerprint density at radius 1 is 0.938 bits per heavy atom. The van der Waals surface area contributed by atoms with Gasteiger partial charge in [0.1, 0.15) is 6.10 Å². The monoisotopic (exact) mass is 787 g/mol. The van der Waals surface area contributed by atoms with Crippen molar-refractivity contribution in [1.82, 2.24) is 10.6 Å².